The number of rotatable bonds is 9. The van der Waals surface area contributed by atoms with Crippen molar-refractivity contribution in [2.45, 2.75) is 25.7 Å². The fourth-order valence-electron chi connectivity index (χ4n) is 2.56. The van der Waals surface area contributed by atoms with Gasteiger partial charge in [0.2, 0.25) is 11.8 Å². The molecule has 126 valence electrons. The second kappa shape index (κ2) is 8.06. The van der Waals surface area contributed by atoms with Crippen LogP contribution in [0.5, 0.6) is 0 Å². The van der Waals surface area contributed by atoms with Crippen LogP contribution in [0.15, 0.2) is 24.5 Å². The van der Waals surface area contributed by atoms with Crippen LogP contribution in [0.3, 0.4) is 0 Å². The Hall–Kier alpha value is -1.95. The molecule has 0 aromatic carbocycles. The largest absolute Gasteiger partial charge is 0.385 e. The Morgan fingerprint density at radius 3 is 2.65 bits per heavy atom. The van der Waals surface area contributed by atoms with Gasteiger partial charge >= 0.3 is 0 Å². The van der Waals surface area contributed by atoms with E-state index in [-0.39, 0.29) is 11.8 Å². The van der Waals surface area contributed by atoms with Crippen LogP contribution in [0.1, 0.15) is 24.8 Å². The van der Waals surface area contributed by atoms with E-state index < -0.39 is 5.41 Å². The summed E-state index contributed by atoms with van der Waals surface area (Å²) in [6.45, 7) is 1.75. The molecular formula is C17H25N3O3. The quantitative estimate of drug-likeness (QED) is 0.545. The molecule has 0 spiro atoms. The number of nitrogens with one attached hydrogen (secondary N) is 1. The highest BCUT2D eigenvalue weighted by molar-refractivity contribution is 6.07. The first-order valence-corrected chi connectivity index (χ1v) is 8.02. The molecule has 0 bridgehead atoms. The first-order chi connectivity index (χ1) is 11.1. The first-order valence-electron chi connectivity index (χ1n) is 8.02. The summed E-state index contributed by atoms with van der Waals surface area (Å²) in [4.78, 5) is 30.6. The van der Waals surface area contributed by atoms with Gasteiger partial charge in [-0.2, -0.15) is 0 Å². The van der Waals surface area contributed by atoms with Crippen molar-refractivity contribution >= 4 is 11.8 Å². The highest BCUT2D eigenvalue weighted by Gasteiger charge is 2.57. The standard InChI is InChI=1S/C17H25N3O3/c1-20(12-6-14-4-10-18-11-5-14)16(22)17(7-8-17)15(21)19-9-3-13-23-2/h4-5,10-11H,3,6-9,12-13H2,1-2H3,(H,19,21). The number of hydrogen-bond acceptors (Lipinski definition) is 4. The lowest BCUT2D eigenvalue weighted by Crippen LogP contribution is -2.44. The molecular weight excluding hydrogens is 294 g/mol. The minimum absolute atomic E-state index is 0.0733. The van der Waals surface area contributed by atoms with Gasteiger partial charge in [-0.25, -0.2) is 0 Å². The van der Waals surface area contributed by atoms with Gasteiger partial charge in [-0.05, 0) is 43.4 Å². The van der Waals surface area contributed by atoms with Crippen LogP contribution in [-0.2, 0) is 20.7 Å². The van der Waals surface area contributed by atoms with Crippen LogP contribution in [0.25, 0.3) is 0 Å². The summed E-state index contributed by atoms with van der Waals surface area (Å²) in [5, 5.41) is 2.86. The molecule has 2 amide bonds. The van der Waals surface area contributed by atoms with E-state index in [0.717, 1.165) is 18.4 Å². The van der Waals surface area contributed by atoms with Gasteiger partial charge in [0.25, 0.3) is 0 Å². The van der Waals surface area contributed by atoms with Gasteiger partial charge in [0, 0.05) is 46.2 Å². The van der Waals surface area contributed by atoms with Gasteiger partial charge in [0.15, 0.2) is 0 Å². The number of nitrogens with zero attached hydrogens (tertiary/aromatic N) is 2. The number of carbonyl (C=O) groups is 2. The highest BCUT2D eigenvalue weighted by Crippen LogP contribution is 2.47. The number of ether oxygens (including phenoxy) is 1. The average Bonchev–Trinajstić information content (AvgIpc) is 3.38. The van der Waals surface area contributed by atoms with Crippen molar-refractivity contribution in [1.29, 1.82) is 0 Å². The summed E-state index contributed by atoms with van der Waals surface area (Å²) in [5.74, 6) is -0.217. The Kier molecular flexibility index (Phi) is 6.10. The predicted molar refractivity (Wildman–Crippen MR) is 86.7 cm³/mol. The summed E-state index contributed by atoms with van der Waals surface area (Å²) in [5.41, 5.74) is 0.300. The zero-order valence-corrected chi connectivity index (χ0v) is 13.9. The number of amides is 2. The molecule has 0 saturated heterocycles. The van der Waals surface area contributed by atoms with Crippen molar-refractivity contribution in [2.75, 3.05) is 33.9 Å². The van der Waals surface area contributed by atoms with Crippen LogP contribution in [-0.4, -0.2) is 55.6 Å². The van der Waals surface area contributed by atoms with Crippen molar-refractivity contribution in [3.8, 4) is 0 Å². The summed E-state index contributed by atoms with van der Waals surface area (Å²) < 4.78 is 4.95. The minimum atomic E-state index is -0.833. The maximum absolute atomic E-state index is 12.6. The van der Waals surface area contributed by atoms with Crippen LogP contribution in [0.2, 0.25) is 0 Å². The SMILES string of the molecule is COCCCNC(=O)C1(C(=O)N(C)CCc2ccncc2)CC1. The summed E-state index contributed by atoms with van der Waals surface area (Å²) in [6.07, 6.45) is 6.28. The van der Waals surface area contributed by atoms with E-state index in [1.54, 1.807) is 31.5 Å². The van der Waals surface area contributed by atoms with E-state index in [9.17, 15) is 9.59 Å². The van der Waals surface area contributed by atoms with E-state index in [4.69, 9.17) is 4.74 Å². The molecule has 1 heterocycles. The van der Waals surface area contributed by atoms with Gasteiger partial charge in [-0.3, -0.25) is 14.6 Å². The Morgan fingerprint density at radius 1 is 1.35 bits per heavy atom. The maximum atomic E-state index is 12.6. The number of pyridine rings is 1. The third-order valence-electron chi connectivity index (χ3n) is 4.24. The van der Waals surface area contributed by atoms with Crippen LogP contribution in [0, 0.1) is 5.41 Å². The van der Waals surface area contributed by atoms with Crippen LogP contribution >= 0.6 is 0 Å². The summed E-state index contributed by atoms with van der Waals surface area (Å²) in [7, 11) is 3.40. The molecule has 1 N–H and O–H groups in total. The van der Waals surface area contributed by atoms with E-state index in [1.165, 1.54) is 0 Å². The lowest BCUT2D eigenvalue weighted by molar-refractivity contribution is -0.143. The molecule has 2 rings (SSSR count). The molecule has 1 fully saturated rings. The highest BCUT2D eigenvalue weighted by atomic mass is 16.5. The van der Waals surface area contributed by atoms with Crippen molar-refractivity contribution in [1.82, 2.24) is 15.2 Å². The van der Waals surface area contributed by atoms with E-state index in [1.807, 2.05) is 12.1 Å². The second-order valence-corrected chi connectivity index (χ2v) is 6.02. The van der Waals surface area contributed by atoms with E-state index in [2.05, 4.69) is 10.3 Å². The lowest BCUT2D eigenvalue weighted by Gasteiger charge is -2.23. The van der Waals surface area contributed by atoms with Gasteiger partial charge in [0.1, 0.15) is 5.41 Å². The Labute approximate surface area is 137 Å². The molecule has 1 aromatic heterocycles. The topological polar surface area (TPSA) is 71.5 Å². The Balaban J connectivity index is 1.82. The monoisotopic (exact) mass is 319 g/mol. The fraction of sp³-hybridized carbons (Fsp3) is 0.588. The molecule has 6 nitrogen and oxygen atoms in total. The zero-order chi connectivity index (χ0) is 16.7. The molecule has 6 heteroatoms. The first kappa shape index (κ1) is 17.4. The number of carbonyl (C=O) groups excluding carboxylic acids is 2. The van der Waals surface area contributed by atoms with E-state index >= 15 is 0 Å². The number of hydrogen-bond donors (Lipinski definition) is 1. The molecule has 0 aliphatic heterocycles. The van der Waals surface area contributed by atoms with Crippen molar-refractivity contribution in [3.05, 3.63) is 30.1 Å². The molecule has 1 aliphatic rings. The predicted octanol–water partition coefficient (Wildman–Crippen LogP) is 1.02. The third-order valence-corrected chi connectivity index (χ3v) is 4.24. The number of aromatic nitrogens is 1. The van der Waals surface area contributed by atoms with Gasteiger partial charge < -0.3 is 15.0 Å². The third kappa shape index (κ3) is 4.51. The summed E-state index contributed by atoms with van der Waals surface area (Å²) in [6, 6.07) is 3.88. The van der Waals surface area contributed by atoms with Crippen LogP contribution < -0.4 is 5.32 Å². The van der Waals surface area contributed by atoms with Crippen molar-refractivity contribution in [3.63, 3.8) is 0 Å². The summed E-state index contributed by atoms with van der Waals surface area (Å²) >= 11 is 0. The smallest absolute Gasteiger partial charge is 0.238 e. The number of methoxy groups -OCH3 is 1. The minimum Gasteiger partial charge on any atom is -0.385 e. The average molecular weight is 319 g/mol. The molecule has 1 aromatic rings. The van der Waals surface area contributed by atoms with Crippen molar-refractivity contribution in [2.24, 2.45) is 5.41 Å². The zero-order valence-electron chi connectivity index (χ0n) is 13.9. The molecule has 23 heavy (non-hydrogen) atoms. The molecule has 1 saturated carbocycles. The molecule has 0 unspecified atom stereocenters. The number of likely N-dealkylation sites (N-methyl/N-ethyl adjacent to an activating group) is 1. The van der Waals surface area contributed by atoms with Gasteiger partial charge in [-0.15, -0.1) is 0 Å². The van der Waals surface area contributed by atoms with Gasteiger partial charge in [-0.1, -0.05) is 0 Å². The van der Waals surface area contributed by atoms with Crippen molar-refractivity contribution < 1.29 is 14.3 Å². The molecule has 1 aliphatic carbocycles. The Morgan fingerprint density at radius 2 is 2.04 bits per heavy atom. The normalized spacial score (nSPS) is 15.0. The maximum Gasteiger partial charge on any atom is 0.238 e. The fourth-order valence-corrected chi connectivity index (χ4v) is 2.56. The molecule has 0 radical (unpaired) electrons. The molecule has 0 atom stereocenters. The van der Waals surface area contributed by atoms with Gasteiger partial charge in [0.05, 0.1) is 0 Å². The second-order valence-electron chi connectivity index (χ2n) is 6.02. The Bertz CT molecular complexity index is 529. The van der Waals surface area contributed by atoms with Crippen LogP contribution in [0.4, 0.5) is 0 Å². The van der Waals surface area contributed by atoms with E-state index in [0.29, 0.717) is 32.5 Å². The lowest BCUT2D eigenvalue weighted by atomic mass is 10.0.